The van der Waals surface area contributed by atoms with Crippen molar-refractivity contribution in [2.75, 3.05) is 18.8 Å². The average molecular weight is 281 g/mol. The molecule has 0 radical (unpaired) electrons. The van der Waals surface area contributed by atoms with Gasteiger partial charge >= 0.3 is 5.97 Å². The highest BCUT2D eigenvalue weighted by atomic mass is 32.2. The Balaban J connectivity index is 1.95. The minimum atomic E-state index is -0.695. The number of carboxylic acids is 1. The van der Waals surface area contributed by atoms with Gasteiger partial charge in [0.1, 0.15) is 0 Å². The molecule has 0 aliphatic rings. The molecule has 1 unspecified atom stereocenters. The molecule has 0 spiro atoms. The van der Waals surface area contributed by atoms with E-state index in [0.717, 1.165) is 31.7 Å². The average Bonchev–Trinajstić information content (AvgIpc) is 2.41. The Kier molecular flexibility index (Phi) is 8.34. The van der Waals surface area contributed by atoms with Crippen LogP contribution in [0.25, 0.3) is 0 Å². The minimum absolute atomic E-state index is 0.283. The number of hydrogen-bond donors (Lipinski definition) is 2. The molecule has 1 aromatic rings. The predicted molar refractivity (Wildman–Crippen MR) is 80.7 cm³/mol. The van der Waals surface area contributed by atoms with Gasteiger partial charge < -0.3 is 10.4 Å². The normalized spacial score (nSPS) is 12.3. The molecule has 0 bridgehead atoms. The molecule has 19 heavy (non-hydrogen) atoms. The molecule has 3 nitrogen and oxygen atoms in total. The number of thioether (sulfide) groups is 1. The van der Waals surface area contributed by atoms with Crippen LogP contribution in [0.3, 0.4) is 0 Å². The number of carboxylic acid groups (broad SMARTS) is 1. The van der Waals surface area contributed by atoms with E-state index in [1.807, 2.05) is 17.8 Å². The summed E-state index contributed by atoms with van der Waals surface area (Å²) in [5.74, 6) is 0.845. The zero-order valence-electron chi connectivity index (χ0n) is 11.5. The first-order valence-electron chi connectivity index (χ1n) is 6.79. The third-order valence-electron chi connectivity index (χ3n) is 2.96. The van der Waals surface area contributed by atoms with Gasteiger partial charge in [-0.2, -0.15) is 0 Å². The molecular formula is C15H23NO2S. The summed E-state index contributed by atoms with van der Waals surface area (Å²) in [6.45, 7) is 4.07. The zero-order chi connectivity index (χ0) is 13.9. The highest BCUT2D eigenvalue weighted by Gasteiger charge is 2.04. The summed E-state index contributed by atoms with van der Waals surface area (Å²) in [7, 11) is 0. The monoisotopic (exact) mass is 281 g/mol. The molecule has 0 amide bonds. The maximum Gasteiger partial charge on any atom is 0.303 e. The Morgan fingerprint density at radius 1 is 1.26 bits per heavy atom. The molecule has 1 aromatic carbocycles. The first-order valence-corrected chi connectivity index (χ1v) is 7.77. The van der Waals surface area contributed by atoms with Gasteiger partial charge in [-0.05, 0) is 37.4 Å². The lowest BCUT2D eigenvalue weighted by molar-refractivity contribution is -0.137. The quantitative estimate of drug-likeness (QED) is 0.510. The van der Waals surface area contributed by atoms with Crippen molar-refractivity contribution in [3.8, 4) is 0 Å². The summed E-state index contributed by atoms with van der Waals surface area (Å²) in [6, 6.07) is 10.4. The van der Waals surface area contributed by atoms with E-state index < -0.39 is 5.97 Å². The predicted octanol–water partition coefficient (Wildman–Crippen LogP) is 3.26. The fraction of sp³-hybridized carbons (Fsp3) is 0.533. The lowest BCUT2D eigenvalue weighted by Gasteiger charge is -2.10. The lowest BCUT2D eigenvalue weighted by atomic mass is 10.0. The molecule has 106 valence electrons. The Morgan fingerprint density at radius 2 is 2.00 bits per heavy atom. The lowest BCUT2D eigenvalue weighted by Crippen LogP contribution is -2.20. The number of rotatable bonds is 10. The van der Waals surface area contributed by atoms with E-state index in [1.54, 1.807) is 0 Å². The van der Waals surface area contributed by atoms with Crippen molar-refractivity contribution in [1.29, 1.82) is 0 Å². The molecule has 0 aromatic heterocycles. The fourth-order valence-corrected chi connectivity index (χ4v) is 2.58. The van der Waals surface area contributed by atoms with Crippen LogP contribution in [0.4, 0.5) is 0 Å². The standard InChI is InChI=1S/C15H23NO2S/c1-13(7-8-15(17)18)9-10-16-11-12-19-14-5-3-2-4-6-14/h2-6,13,16H,7-12H2,1H3,(H,17,18). The SMILES string of the molecule is CC(CCNCCSc1ccccc1)CCC(=O)O. The number of carbonyl (C=O) groups is 1. The molecule has 1 rings (SSSR count). The number of nitrogens with one attached hydrogen (secondary N) is 1. The minimum Gasteiger partial charge on any atom is -0.481 e. The highest BCUT2D eigenvalue weighted by molar-refractivity contribution is 7.99. The van der Waals surface area contributed by atoms with Crippen LogP contribution in [0.1, 0.15) is 26.2 Å². The summed E-state index contributed by atoms with van der Waals surface area (Å²) in [5.41, 5.74) is 0. The van der Waals surface area contributed by atoms with E-state index in [2.05, 4.69) is 36.5 Å². The summed E-state index contributed by atoms with van der Waals surface area (Å²) < 4.78 is 0. The topological polar surface area (TPSA) is 49.3 Å². The summed E-state index contributed by atoms with van der Waals surface area (Å²) >= 11 is 1.85. The van der Waals surface area contributed by atoms with E-state index >= 15 is 0 Å². The highest BCUT2D eigenvalue weighted by Crippen LogP contribution is 2.15. The number of benzene rings is 1. The van der Waals surface area contributed by atoms with Crippen molar-refractivity contribution in [2.24, 2.45) is 5.92 Å². The van der Waals surface area contributed by atoms with Gasteiger partial charge in [0.2, 0.25) is 0 Å². The van der Waals surface area contributed by atoms with Gasteiger partial charge in [0.25, 0.3) is 0 Å². The second-order valence-corrected chi connectivity index (χ2v) is 5.91. The molecule has 0 heterocycles. The molecule has 1 atom stereocenters. The van der Waals surface area contributed by atoms with Crippen molar-refractivity contribution in [3.05, 3.63) is 30.3 Å². The number of hydrogen-bond acceptors (Lipinski definition) is 3. The van der Waals surface area contributed by atoms with Gasteiger partial charge in [-0.3, -0.25) is 4.79 Å². The zero-order valence-corrected chi connectivity index (χ0v) is 12.3. The third-order valence-corrected chi connectivity index (χ3v) is 3.97. The van der Waals surface area contributed by atoms with Crippen molar-refractivity contribution >= 4 is 17.7 Å². The van der Waals surface area contributed by atoms with Gasteiger partial charge in [-0.25, -0.2) is 0 Å². The smallest absolute Gasteiger partial charge is 0.303 e. The van der Waals surface area contributed by atoms with Crippen molar-refractivity contribution in [1.82, 2.24) is 5.32 Å². The summed E-state index contributed by atoms with van der Waals surface area (Å²) in [4.78, 5) is 11.7. The Hall–Kier alpha value is -1.00. The van der Waals surface area contributed by atoms with E-state index in [1.165, 1.54) is 4.90 Å². The Labute approximate surface area is 119 Å². The van der Waals surface area contributed by atoms with Crippen LogP contribution in [-0.4, -0.2) is 29.9 Å². The Morgan fingerprint density at radius 3 is 2.68 bits per heavy atom. The fourth-order valence-electron chi connectivity index (χ4n) is 1.75. The van der Waals surface area contributed by atoms with E-state index in [9.17, 15) is 4.79 Å². The first kappa shape index (κ1) is 16.1. The molecule has 0 saturated heterocycles. The van der Waals surface area contributed by atoms with E-state index in [0.29, 0.717) is 5.92 Å². The molecular weight excluding hydrogens is 258 g/mol. The van der Waals surface area contributed by atoms with Crippen LogP contribution in [0.2, 0.25) is 0 Å². The largest absolute Gasteiger partial charge is 0.481 e. The maximum atomic E-state index is 10.4. The molecule has 4 heteroatoms. The molecule has 0 saturated carbocycles. The second kappa shape index (κ2) is 9.87. The number of aliphatic carboxylic acids is 1. The van der Waals surface area contributed by atoms with Crippen LogP contribution in [0.5, 0.6) is 0 Å². The van der Waals surface area contributed by atoms with Crippen molar-refractivity contribution < 1.29 is 9.90 Å². The molecule has 2 N–H and O–H groups in total. The van der Waals surface area contributed by atoms with E-state index in [4.69, 9.17) is 5.11 Å². The van der Waals surface area contributed by atoms with Crippen molar-refractivity contribution in [2.45, 2.75) is 31.1 Å². The summed E-state index contributed by atoms with van der Waals surface area (Å²) in [5, 5.41) is 12.0. The van der Waals surface area contributed by atoms with Crippen LogP contribution in [0, 0.1) is 5.92 Å². The van der Waals surface area contributed by atoms with Gasteiger partial charge in [0.05, 0.1) is 0 Å². The first-order chi connectivity index (χ1) is 9.18. The molecule has 0 aliphatic heterocycles. The van der Waals surface area contributed by atoms with Gasteiger partial charge in [0.15, 0.2) is 0 Å². The maximum absolute atomic E-state index is 10.4. The van der Waals surface area contributed by atoms with E-state index in [-0.39, 0.29) is 6.42 Å². The Bertz CT molecular complexity index is 356. The second-order valence-electron chi connectivity index (χ2n) is 4.74. The van der Waals surface area contributed by atoms with Crippen LogP contribution in [0.15, 0.2) is 35.2 Å². The molecule has 0 aliphatic carbocycles. The van der Waals surface area contributed by atoms with Crippen LogP contribution < -0.4 is 5.32 Å². The van der Waals surface area contributed by atoms with Crippen LogP contribution in [-0.2, 0) is 4.79 Å². The van der Waals surface area contributed by atoms with Gasteiger partial charge in [-0.15, -0.1) is 11.8 Å². The van der Waals surface area contributed by atoms with Crippen LogP contribution >= 0.6 is 11.8 Å². The van der Waals surface area contributed by atoms with Gasteiger partial charge in [0, 0.05) is 23.6 Å². The summed E-state index contributed by atoms with van der Waals surface area (Å²) in [6.07, 6.45) is 2.10. The van der Waals surface area contributed by atoms with Gasteiger partial charge in [-0.1, -0.05) is 25.1 Å². The third kappa shape index (κ3) is 8.67. The molecule has 0 fully saturated rings. The van der Waals surface area contributed by atoms with Crippen molar-refractivity contribution in [3.63, 3.8) is 0 Å².